The quantitative estimate of drug-likeness (QED) is 0.297. The normalized spacial score (nSPS) is 24.9. The Morgan fingerprint density at radius 1 is 1.10 bits per heavy atom. The highest BCUT2D eigenvalue weighted by atomic mass is 16.6. The van der Waals surface area contributed by atoms with Crippen molar-refractivity contribution in [2.24, 2.45) is 5.73 Å². The van der Waals surface area contributed by atoms with E-state index in [4.69, 9.17) is 29.4 Å². The molecule has 2 aliphatic heterocycles. The Bertz CT molecular complexity index is 341. The Morgan fingerprint density at radius 3 is 2.40 bits per heavy atom. The van der Waals surface area contributed by atoms with Crippen LogP contribution in [0.25, 0.3) is 0 Å². The van der Waals surface area contributed by atoms with Crippen LogP contribution >= 0.6 is 0 Å². The number of rotatable bonds is 10. The molecule has 2 N–H and O–H groups in total. The van der Waals surface area contributed by atoms with Gasteiger partial charge in [-0.15, -0.1) is 0 Å². The highest BCUT2D eigenvalue weighted by molar-refractivity contribution is 5.82. The van der Waals surface area contributed by atoms with Crippen molar-refractivity contribution in [3.8, 4) is 0 Å². The molecule has 8 nitrogen and oxygen atoms in total. The first-order valence-corrected chi connectivity index (χ1v) is 6.54. The lowest BCUT2D eigenvalue weighted by Gasteiger charge is -2.11. The molecule has 0 spiro atoms. The summed E-state index contributed by atoms with van der Waals surface area (Å²) in [5.41, 5.74) is 5.55. The molecule has 2 fully saturated rings. The predicted molar refractivity (Wildman–Crippen MR) is 64.8 cm³/mol. The van der Waals surface area contributed by atoms with Crippen molar-refractivity contribution >= 4 is 11.9 Å². The van der Waals surface area contributed by atoms with Gasteiger partial charge in [-0.1, -0.05) is 0 Å². The molecule has 0 bridgehead atoms. The lowest BCUT2D eigenvalue weighted by atomic mass is 10.2. The van der Waals surface area contributed by atoms with Gasteiger partial charge in [0, 0.05) is 0 Å². The maximum atomic E-state index is 11.5. The highest BCUT2D eigenvalue weighted by Gasteiger charge is 2.26. The van der Waals surface area contributed by atoms with E-state index < -0.39 is 18.0 Å². The fourth-order valence-corrected chi connectivity index (χ4v) is 1.36. The van der Waals surface area contributed by atoms with Crippen LogP contribution in [0.1, 0.15) is 6.42 Å². The molecule has 0 saturated carbocycles. The van der Waals surface area contributed by atoms with Crippen molar-refractivity contribution in [2.45, 2.75) is 24.7 Å². The van der Waals surface area contributed by atoms with Crippen LogP contribution in [0.5, 0.6) is 0 Å². The second-order valence-electron chi connectivity index (χ2n) is 4.65. The van der Waals surface area contributed by atoms with Gasteiger partial charge in [0.25, 0.3) is 0 Å². The van der Waals surface area contributed by atoms with Crippen LogP contribution < -0.4 is 5.73 Å². The predicted octanol–water partition coefficient (Wildman–Crippen LogP) is -1.40. The zero-order chi connectivity index (χ0) is 14.4. The van der Waals surface area contributed by atoms with Crippen LogP contribution in [0.3, 0.4) is 0 Å². The Balaban J connectivity index is 1.47. The number of carbonyl (C=O) groups excluding carboxylic acids is 2. The van der Waals surface area contributed by atoms with E-state index in [-0.39, 0.29) is 38.4 Å². The van der Waals surface area contributed by atoms with Gasteiger partial charge in [-0.3, -0.25) is 9.59 Å². The smallest absolute Gasteiger partial charge is 0.323 e. The van der Waals surface area contributed by atoms with Gasteiger partial charge in [0.05, 0.1) is 32.8 Å². The van der Waals surface area contributed by atoms with Crippen LogP contribution in [-0.2, 0) is 33.3 Å². The number of carbonyl (C=O) groups is 2. The Kier molecular flexibility index (Phi) is 5.72. The summed E-state index contributed by atoms with van der Waals surface area (Å²) in [7, 11) is 0. The van der Waals surface area contributed by atoms with Crippen LogP contribution in [0.4, 0.5) is 0 Å². The van der Waals surface area contributed by atoms with E-state index in [9.17, 15) is 9.59 Å². The highest BCUT2D eigenvalue weighted by Crippen LogP contribution is 2.09. The summed E-state index contributed by atoms with van der Waals surface area (Å²) in [6, 6.07) is -1.02. The standard InChI is InChI=1S/C12H19NO7/c13-10(3-11(14)20-7-9-6-19-9)12(15)17-2-1-16-4-8-5-18-8/h8-10H,1-7,13H2/t8?,9?,10-/m0/s1. The van der Waals surface area contributed by atoms with Crippen molar-refractivity contribution in [1.29, 1.82) is 0 Å². The van der Waals surface area contributed by atoms with Gasteiger partial charge in [0.2, 0.25) is 0 Å². The molecule has 2 heterocycles. The fourth-order valence-electron chi connectivity index (χ4n) is 1.36. The molecule has 0 aromatic carbocycles. The van der Waals surface area contributed by atoms with Crippen LogP contribution in [0, 0.1) is 0 Å². The molecule has 2 saturated heterocycles. The number of esters is 2. The molecule has 0 aromatic heterocycles. The zero-order valence-electron chi connectivity index (χ0n) is 11.1. The molecule has 0 amide bonds. The third kappa shape index (κ3) is 6.29. The summed E-state index contributed by atoms with van der Waals surface area (Å²) in [6.07, 6.45) is -0.0320. The van der Waals surface area contributed by atoms with Gasteiger partial charge < -0.3 is 29.4 Å². The van der Waals surface area contributed by atoms with Crippen LogP contribution in [0.15, 0.2) is 0 Å². The first-order valence-electron chi connectivity index (χ1n) is 6.54. The lowest BCUT2D eigenvalue weighted by Crippen LogP contribution is -2.35. The SMILES string of the molecule is N[C@@H](CC(=O)OCC1CO1)C(=O)OCCOCC1CO1. The monoisotopic (exact) mass is 289 g/mol. The second kappa shape index (κ2) is 7.53. The van der Waals surface area contributed by atoms with Gasteiger partial charge in [-0.2, -0.15) is 0 Å². The van der Waals surface area contributed by atoms with Gasteiger partial charge in [0.15, 0.2) is 0 Å². The molecule has 114 valence electrons. The molecule has 8 heteroatoms. The van der Waals surface area contributed by atoms with Gasteiger partial charge in [-0.05, 0) is 0 Å². The van der Waals surface area contributed by atoms with E-state index in [0.29, 0.717) is 13.2 Å². The first kappa shape index (κ1) is 15.2. The second-order valence-corrected chi connectivity index (χ2v) is 4.65. The fraction of sp³-hybridized carbons (Fsp3) is 0.833. The van der Waals surface area contributed by atoms with Gasteiger partial charge in [0.1, 0.15) is 31.5 Å². The molecule has 3 atom stereocenters. The summed E-state index contributed by atoms with van der Waals surface area (Å²) in [6.45, 7) is 2.41. The van der Waals surface area contributed by atoms with Crippen molar-refractivity contribution in [3.05, 3.63) is 0 Å². The van der Waals surface area contributed by atoms with Crippen molar-refractivity contribution < 1.29 is 33.3 Å². The largest absolute Gasteiger partial charge is 0.463 e. The molecular formula is C12H19NO7. The van der Waals surface area contributed by atoms with Crippen LogP contribution in [-0.4, -0.2) is 69.8 Å². The minimum Gasteiger partial charge on any atom is -0.463 e. The van der Waals surface area contributed by atoms with E-state index in [0.717, 1.165) is 6.61 Å². The maximum absolute atomic E-state index is 11.5. The molecule has 20 heavy (non-hydrogen) atoms. The number of ether oxygens (including phenoxy) is 5. The number of hydrogen-bond acceptors (Lipinski definition) is 8. The van der Waals surface area contributed by atoms with E-state index >= 15 is 0 Å². The summed E-state index contributed by atoms with van der Waals surface area (Å²) in [5.74, 6) is -1.18. The summed E-state index contributed by atoms with van der Waals surface area (Å²) in [4.78, 5) is 22.8. The van der Waals surface area contributed by atoms with Gasteiger partial charge >= 0.3 is 11.9 Å². The molecule has 2 unspecified atom stereocenters. The molecule has 2 rings (SSSR count). The minimum absolute atomic E-state index is 0.00489. The molecular weight excluding hydrogens is 270 g/mol. The maximum Gasteiger partial charge on any atom is 0.323 e. The average molecular weight is 289 g/mol. The summed E-state index contributed by atoms with van der Waals surface area (Å²) >= 11 is 0. The van der Waals surface area contributed by atoms with Gasteiger partial charge in [-0.25, -0.2) is 0 Å². The van der Waals surface area contributed by atoms with E-state index in [2.05, 4.69) is 0 Å². The van der Waals surface area contributed by atoms with E-state index in [1.807, 2.05) is 0 Å². The van der Waals surface area contributed by atoms with Crippen molar-refractivity contribution in [3.63, 3.8) is 0 Å². The van der Waals surface area contributed by atoms with E-state index in [1.54, 1.807) is 0 Å². The molecule has 0 aromatic rings. The summed E-state index contributed by atoms with van der Waals surface area (Å²) in [5, 5.41) is 0. The molecule has 0 radical (unpaired) electrons. The number of nitrogens with two attached hydrogens (primary N) is 1. The minimum atomic E-state index is -1.02. The number of epoxide rings is 2. The average Bonchev–Trinajstić information content (AvgIpc) is 3.28. The Morgan fingerprint density at radius 2 is 1.75 bits per heavy atom. The Labute approximate surface area is 116 Å². The molecule has 2 aliphatic rings. The van der Waals surface area contributed by atoms with Crippen LogP contribution in [0.2, 0.25) is 0 Å². The summed E-state index contributed by atoms with van der Waals surface area (Å²) < 4.78 is 24.8. The topological polar surface area (TPSA) is 113 Å². The van der Waals surface area contributed by atoms with Crippen molar-refractivity contribution in [1.82, 2.24) is 0 Å². The third-order valence-electron chi connectivity index (χ3n) is 2.70. The lowest BCUT2D eigenvalue weighted by molar-refractivity contribution is -0.152. The third-order valence-corrected chi connectivity index (χ3v) is 2.70. The Hall–Kier alpha value is -1.22. The zero-order valence-corrected chi connectivity index (χ0v) is 11.1. The van der Waals surface area contributed by atoms with Crippen molar-refractivity contribution in [2.75, 3.05) is 39.6 Å². The van der Waals surface area contributed by atoms with E-state index in [1.165, 1.54) is 0 Å². The first-order chi connectivity index (χ1) is 9.65. The number of hydrogen-bond donors (Lipinski definition) is 1. The molecule has 0 aliphatic carbocycles.